The Morgan fingerprint density at radius 1 is 1.16 bits per heavy atom. The second-order valence-corrected chi connectivity index (χ2v) is 18.7. The van der Waals surface area contributed by atoms with Gasteiger partial charge in [-0.2, -0.15) is 0 Å². The van der Waals surface area contributed by atoms with Crippen molar-refractivity contribution in [3.63, 3.8) is 0 Å². The number of carbonyl (C=O) groups excluding carboxylic acids is 1. The maximum atomic E-state index is 12.5. The summed E-state index contributed by atoms with van der Waals surface area (Å²) in [5, 5.41) is 3.37. The van der Waals surface area contributed by atoms with Crippen molar-refractivity contribution >= 4 is 14.2 Å². The largest absolute Gasteiger partial charge is 0.411 e. The summed E-state index contributed by atoms with van der Waals surface area (Å²) in [5.41, 5.74) is 1.24. The van der Waals surface area contributed by atoms with E-state index in [9.17, 15) is 4.79 Å². The highest BCUT2D eigenvalue weighted by molar-refractivity contribution is 6.74. The number of amides is 1. The molecule has 1 unspecified atom stereocenters. The highest BCUT2D eigenvalue weighted by Crippen LogP contribution is 2.46. The number of hydrogen-bond donors (Lipinski definition) is 1. The Kier molecular flexibility index (Phi) is 9.75. The van der Waals surface area contributed by atoms with Crippen LogP contribution < -0.4 is 5.32 Å². The molecule has 0 radical (unpaired) electrons. The van der Waals surface area contributed by atoms with Gasteiger partial charge in [0.15, 0.2) is 8.32 Å². The number of allylic oxidation sites excluding steroid dienone is 3. The quantitative estimate of drug-likeness (QED) is 0.147. The van der Waals surface area contributed by atoms with Gasteiger partial charge in [-0.15, -0.1) is 0 Å². The summed E-state index contributed by atoms with van der Waals surface area (Å²) in [6.45, 7) is 20.6. The van der Waals surface area contributed by atoms with Crippen molar-refractivity contribution in [2.45, 2.75) is 141 Å². The molecule has 2 aliphatic heterocycles. The fourth-order valence-electron chi connectivity index (χ4n) is 5.51. The molecule has 0 aromatic heterocycles. The van der Waals surface area contributed by atoms with E-state index in [1.807, 2.05) is 13.0 Å². The molecule has 6 heteroatoms. The summed E-state index contributed by atoms with van der Waals surface area (Å²) in [6.07, 6.45) is 17.9. The van der Waals surface area contributed by atoms with Crippen molar-refractivity contribution < 1.29 is 18.7 Å². The zero-order valence-corrected chi connectivity index (χ0v) is 26.0. The minimum atomic E-state index is -1.83. The molecule has 3 atom stereocenters. The van der Waals surface area contributed by atoms with E-state index >= 15 is 0 Å². The molecule has 0 aromatic rings. The molecule has 1 aliphatic carbocycles. The fourth-order valence-corrected chi connectivity index (χ4v) is 6.87. The van der Waals surface area contributed by atoms with Gasteiger partial charge in [0.2, 0.25) is 5.91 Å². The first-order valence-electron chi connectivity index (χ1n) is 14.4. The average Bonchev–Trinajstić information content (AvgIpc) is 3.51. The molecule has 0 bridgehead atoms. The van der Waals surface area contributed by atoms with E-state index in [0.717, 1.165) is 51.6 Å². The Hall–Kier alpha value is -1.21. The van der Waals surface area contributed by atoms with Crippen LogP contribution in [-0.2, 0) is 18.7 Å². The molecule has 1 spiro atoms. The van der Waals surface area contributed by atoms with Gasteiger partial charge in [0.25, 0.3) is 0 Å². The first-order chi connectivity index (χ1) is 17.1. The normalized spacial score (nSPS) is 31.7. The fraction of sp³-hybridized carbons (Fsp3) is 0.774. The lowest BCUT2D eigenvalue weighted by Gasteiger charge is -2.38. The summed E-state index contributed by atoms with van der Waals surface area (Å²) in [7, 11) is -1.83. The highest BCUT2D eigenvalue weighted by Gasteiger charge is 2.53. The first-order valence-corrected chi connectivity index (χ1v) is 17.3. The van der Waals surface area contributed by atoms with Gasteiger partial charge in [0.05, 0.1) is 30.0 Å². The van der Waals surface area contributed by atoms with Crippen LogP contribution in [0.3, 0.4) is 0 Å². The molecule has 2 saturated heterocycles. The maximum absolute atomic E-state index is 12.5. The van der Waals surface area contributed by atoms with E-state index in [0.29, 0.717) is 5.92 Å². The molecule has 3 fully saturated rings. The van der Waals surface area contributed by atoms with Crippen LogP contribution >= 0.6 is 0 Å². The molecule has 0 aromatic carbocycles. The van der Waals surface area contributed by atoms with E-state index in [-0.39, 0.29) is 40.4 Å². The van der Waals surface area contributed by atoms with Crippen molar-refractivity contribution in [2.24, 2.45) is 5.92 Å². The lowest BCUT2D eigenvalue weighted by molar-refractivity contribution is -0.117. The van der Waals surface area contributed by atoms with E-state index < -0.39 is 8.32 Å². The van der Waals surface area contributed by atoms with Crippen LogP contribution in [0.25, 0.3) is 0 Å². The Morgan fingerprint density at radius 3 is 2.41 bits per heavy atom. The third-order valence-corrected chi connectivity index (χ3v) is 13.3. The highest BCUT2D eigenvalue weighted by atomic mass is 28.4. The Labute approximate surface area is 227 Å². The van der Waals surface area contributed by atoms with Gasteiger partial charge in [-0.25, -0.2) is 0 Å². The third-order valence-electron chi connectivity index (χ3n) is 8.69. The van der Waals surface area contributed by atoms with E-state index in [2.05, 4.69) is 78.2 Å². The summed E-state index contributed by atoms with van der Waals surface area (Å²) in [6, 6.07) is 0.277. The first kappa shape index (κ1) is 30.3. The van der Waals surface area contributed by atoms with Crippen LogP contribution in [0.2, 0.25) is 18.1 Å². The summed E-state index contributed by atoms with van der Waals surface area (Å²) in [4.78, 5) is 12.5. The standard InChI is InChI=1S/C31H53NO4Si/c1-23(11-18-27-20-31(22-34-31)21-30(6,7)35-27)10-13-25-14-16-26(17-15-25)32-28(33)19-12-24(2)36-37(8,9)29(3,4)5/h10-12,18-19,24-27H,13-17,20-22H2,1-9H3,(H,32,33)/t24?,25?,26?,27-,31-/m1/s1. The van der Waals surface area contributed by atoms with Crippen LogP contribution in [0.4, 0.5) is 0 Å². The number of rotatable bonds is 9. The smallest absolute Gasteiger partial charge is 0.243 e. The second-order valence-electron chi connectivity index (χ2n) is 14.0. The van der Waals surface area contributed by atoms with Crippen molar-refractivity contribution in [1.82, 2.24) is 5.32 Å². The zero-order valence-electron chi connectivity index (χ0n) is 25.0. The predicted molar refractivity (Wildman–Crippen MR) is 155 cm³/mol. The zero-order chi connectivity index (χ0) is 27.5. The minimum absolute atomic E-state index is 0.00138. The van der Waals surface area contributed by atoms with E-state index in [1.165, 1.54) is 5.57 Å². The SMILES string of the molecule is CC(C=C[C@@H]1C[C@]2(CO2)CC(C)(C)O1)=CCC1CCC(NC(=O)C=CC(C)O[Si](C)(C)C(C)(C)C)CC1. The molecular formula is C31H53NO4Si. The van der Waals surface area contributed by atoms with Gasteiger partial charge in [0.1, 0.15) is 0 Å². The summed E-state index contributed by atoms with van der Waals surface area (Å²) < 4.78 is 18.3. The Morgan fingerprint density at radius 2 is 1.81 bits per heavy atom. The van der Waals surface area contributed by atoms with Crippen molar-refractivity contribution in [2.75, 3.05) is 6.61 Å². The van der Waals surface area contributed by atoms with Gasteiger partial charge < -0.3 is 19.2 Å². The molecule has 210 valence electrons. The van der Waals surface area contributed by atoms with Gasteiger partial charge in [-0.1, -0.05) is 50.6 Å². The van der Waals surface area contributed by atoms with Gasteiger partial charge in [-0.3, -0.25) is 4.79 Å². The van der Waals surface area contributed by atoms with Crippen molar-refractivity contribution in [3.05, 3.63) is 36.0 Å². The molecule has 3 rings (SSSR count). The molecule has 1 amide bonds. The Balaban J connectivity index is 1.36. The summed E-state index contributed by atoms with van der Waals surface area (Å²) >= 11 is 0. The molecular weight excluding hydrogens is 478 g/mol. The third kappa shape index (κ3) is 9.49. The number of hydrogen-bond acceptors (Lipinski definition) is 4. The van der Waals surface area contributed by atoms with Crippen LogP contribution in [0.15, 0.2) is 36.0 Å². The van der Waals surface area contributed by atoms with Crippen LogP contribution in [0.5, 0.6) is 0 Å². The number of carbonyl (C=O) groups is 1. The van der Waals surface area contributed by atoms with E-state index in [4.69, 9.17) is 13.9 Å². The Bertz CT molecular complexity index is 864. The lowest BCUT2D eigenvalue weighted by Crippen LogP contribution is -2.43. The lowest BCUT2D eigenvalue weighted by atomic mass is 9.83. The molecule has 1 N–H and O–H groups in total. The second kappa shape index (κ2) is 11.9. The molecule has 1 saturated carbocycles. The molecule has 37 heavy (non-hydrogen) atoms. The monoisotopic (exact) mass is 531 g/mol. The minimum Gasteiger partial charge on any atom is -0.411 e. The van der Waals surface area contributed by atoms with Crippen LogP contribution in [0.1, 0.15) is 93.4 Å². The van der Waals surface area contributed by atoms with Gasteiger partial charge >= 0.3 is 0 Å². The topological polar surface area (TPSA) is 60.1 Å². The molecule has 5 nitrogen and oxygen atoms in total. The maximum Gasteiger partial charge on any atom is 0.243 e. The number of epoxide rings is 1. The number of nitrogens with one attached hydrogen (secondary N) is 1. The predicted octanol–water partition coefficient (Wildman–Crippen LogP) is 7.25. The molecule has 3 aliphatic rings. The number of ether oxygens (including phenoxy) is 2. The van der Waals surface area contributed by atoms with Gasteiger partial charge in [0, 0.05) is 25.0 Å². The van der Waals surface area contributed by atoms with Gasteiger partial charge in [-0.05, 0) is 83.8 Å². The van der Waals surface area contributed by atoms with Crippen molar-refractivity contribution in [1.29, 1.82) is 0 Å². The van der Waals surface area contributed by atoms with Crippen LogP contribution in [0, 0.1) is 5.92 Å². The molecule has 2 heterocycles. The summed E-state index contributed by atoms with van der Waals surface area (Å²) in [5.74, 6) is 0.694. The average molecular weight is 532 g/mol. The van der Waals surface area contributed by atoms with E-state index in [1.54, 1.807) is 6.08 Å². The van der Waals surface area contributed by atoms with Crippen molar-refractivity contribution in [3.8, 4) is 0 Å². The van der Waals surface area contributed by atoms with Crippen LogP contribution in [-0.4, -0.2) is 50.3 Å².